The lowest BCUT2D eigenvalue weighted by Gasteiger charge is -2.02. The van der Waals surface area contributed by atoms with Gasteiger partial charge in [-0.3, -0.25) is 9.59 Å². The smallest absolute Gasteiger partial charge is 0.193 e. The van der Waals surface area contributed by atoms with Crippen LogP contribution in [-0.2, 0) is 0 Å². The van der Waals surface area contributed by atoms with Gasteiger partial charge in [-0.25, -0.2) is 0 Å². The fourth-order valence-electron chi connectivity index (χ4n) is 2.96. The Morgan fingerprint density at radius 2 is 0.750 bits per heavy atom. The van der Waals surface area contributed by atoms with Crippen molar-refractivity contribution in [3.05, 3.63) is 119 Å². The van der Waals surface area contributed by atoms with Crippen LogP contribution in [0.5, 0.6) is 0 Å². The summed E-state index contributed by atoms with van der Waals surface area (Å²) in [5, 5.41) is 0. The molecule has 4 aromatic rings. The van der Waals surface area contributed by atoms with E-state index in [9.17, 15) is 9.59 Å². The van der Waals surface area contributed by atoms with Crippen molar-refractivity contribution in [3.63, 3.8) is 0 Å². The van der Waals surface area contributed by atoms with Gasteiger partial charge in [0.1, 0.15) is 0 Å². The van der Waals surface area contributed by atoms with Crippen LogP contribution in [0, 0.1) is 0 Å². The number of ketones is 2. The number of rotatable bonds is 4. The van der Waals surface area contributed by atoms with Gasteiger partial charge in [-0.05, 0) is 72.8 Å². The number of anilines is 4. The highest BCUT2D eigenvalue weighted by Crippen LogP contribution is 2.15. The van der Waals surface area contributed by atoms with E-state index in [1.54, 1.807) is 97.1 Å². The van der Waals surface area contributed by atoms with Gasteiger partial charge in [0.2, 0.25) is 0 Å². The van der Waals surface area contributed by atoms with Crippen LogP contribution in [0.4, 0.5) is 22.7 Å². The first-order chi connectivity index (χ1) is 15.3. The second-order valence-electron chi connectivity index (χ2n) is 7.15. The Morgan fingerprint density at radius 3 is 1.06 bits per heavy atom. The predicted octanol–water partition coefficient (Wildman–Crippen LogP) is 4.16. The van der Waals surface area contributed by atoms with Crippen molar-refractivity contribution in [1.29, 1.82) is 0 Å². The molecule has 4 aromatic carbocycles. The first kappa shape index (κ1) is 22.1. The van der Waals surface area contributed by atoms with Crippen molar-refractivity contribution in [2.75, 3.05) is 22.9 Å². The summed E-state index contributed by atoms with van der Waals surface area (Å²) in [4.78, 5) is 24.0. The predicted molar refractivity (Wildman–Crippen MR) is 130 cm³/mol. The normalized spacial score (nSPS) is 10.0. The molecule has 32 heavy (non-hydrogen) atoms. The quantitative estimate of drug-likeness (QED) is 0.287. The monoisotopic (exact) mass is 424 g/mol. The molecule has 0 aromatic heterocycles. The number of carbonyl (C=O) groups is 2. The lowest BCUT2D eigenvalue weighted by Crippen LogP contribution is -2.02. The van der Waals surface area contributed by atoms with Crippen LogP contribution < -0.4 is 22.9 Å². The zero-order valence-corrected chi connectivity index (χ0v) is 17.4. The summed E-state index contributed by atoms with van der Waals surface area (Å²) >= 11 is 0. The summed E-state index contributed by atoms with van der Waals surface area (Å²) in [6, 6.07) is 27.5. The first-order valence-corrected chi connectivity index (χ1v) is 9.85. The highest BCUT2D eigenvalue weighted by atomic mass is 16.1. The number of benzene rings is 4. The topological polar surface area (TPSA) is 138 Å². The summed E-state index contributed by atoms with van der Waals surface area (Å²) in [6.45, 7) is 0. The third kappa shape index (κ3) is 5.73. The molecule has 0 fully saturated rings. The van der Waals surface area contributed by atoms with E-state index in [0.717, 1.165) is 0 Å². The fraction of sp³-hybridized carbons (Fsp3) is 0. The maximum atomic E-state index is 12.0. The van der Waals surface area contributed by atoms with Crippen LogP contribution in [-0.4, -0.2) is 11.6 Å². The van der Waals surface area contributed by atoms with Crippen molar-refractivity contribution < 1.29 is 9.59 Å². The molecule has 0 radical (unpaired) electrons. The molecule has 0 heterocycles. The summed E-state index contributed by atoms with van der Waals surface area (Å²) < 4.78 is 0. The molecular formula is C26H24N4O2. The van der Waals surface area contributed by atoms with Gasteiger partial charge < -0.3 is 22.9 Å². The maximum absolute atomic E-state index is 12.0. The zero-order chi connectivity index (χ0) is 23.1. The Hall–Kier alpha value is -4.58. The standard InChI is InChI=1S/2C13H12N2O/c2*14-11-6-4-9(5-7-11)13(16)10-2-1-3-12(15)8-10/h2*1-8H,14-15H2. The van der Waals surface area contributed by atoms with Crippen molar-refractivity contribution in [1.82, 2.24) is 0 Å². The molecule has 0 amide bonds. The molecule has 0 saturated heterocycles. The van der Waals surface area contributed by atoms with Gasteiger partial charge in [-0.15, -0.1) is 0 Å². The van der Waals surface area contributed by atoms with E-state index in [-0.39, 0.29) is 11.6 Å². The van der Waals surface area contributed by atoms with Gasteiger partial charge in [0.15, 0.2) is 11.6 Å². The van der Waals surface area contributed by atoms with E-state index in [4.69, 9.17) is 22.9 Å². The molecule has 0 aliphatic heterocycles. The van der Waals surface area contributed by atoms with Gasteiger partial charge in [0.25, 0.3) is 0 Å². The van der Waals surface area contributed by atoms with E-state index < -0.39 is 0 Å². The molecule has 6 nitrogen and oxygen atoms in total. The second kappa shape index (κ2) is 9.95. The Bertz CT molecular complexity index is 1130. The van der Waals surface area contributed by atoms with Gasteiger partial charge in [0, 0.05) is 45.0 Å². The summed E-state index contributed by atoms with van der Waals surface area (Å²) in [5.41, 5.74) is 27.2. The van der Waals surface area contributed by atoms with E-state index in [2.05, 4.69) is 0 Å². The van der Waals surface area contributed by atoms with E-state index in [0.29, 0.717) is 45.0 Å². The van der Waals surface area contributed by atoms with Gasteiger partial charge >= 0.3 is 0 Å². The molecule has 0 saturated carbocycles. The molecule has 0 aliphatic rings. The number of nitrogen functional groups attached to an aromatic ring is 4. The van der Waals surface area contributed by atoms with Crippen LogP contribution in [0.25, 0.3) is 0 Å². The van der Waals surface area contributed by atoms with Crippen LogP contribution in [0.3, 0.4) is 0 Å². The van der Waals surface area contributed by atoms with Crippen LogP contribution in [0.1, 0.15) is 31.8 Å². The molecule has 0 bridgehead atoms. The Kier molecular flexibility index (Phi) is 6.88. The number of hydrogen-bond acceptors (Lipinski definition) is 6. The molecular weight excluding hydrogens is 400 g/mol. The second-order valence-corrected chi connectivity index (χ2v) is 7.15. The molecule has 0 atom stereocenters. The molecule has 6 heteroatoms. The SMILES string of the molecule is Nc1ccc(C(=O)c2cccc(N)c2)cc1.Nc1ccc(C(=O)c2cccc(N)c2)cc1. The highest BCUT2D eigenvalue weighted by molar-refractivity contribution is 6.10. The fourth-order valence-corrected chi connectivity index (χ4v) is 2.96. The zero-order valence-electron chi connectivity index (χ0n) is 17.4. The van der Waals surface area contributed by atoms with Crippen molar-refractivity contribution in [2.24, 2.45) is 0 Å². The summed E-state index contributed by atoms with van der Waals surface area (Å²) in [6.07, 6.45) is 0. The van der Waals surface area contributed by atoms with Crippen LogP contribution in [0.15, 0.2) is 97.1 Å². The van der Waals surface area contributed by atoms with Gasteiger partial charge in [-0.1, -0.05) is 24.3 Å². The van der Waals surface area contributed by atoms with Crippen molar-refractivity contribution in [3.8, 4) is 0 Å². The van der Waals surface area contributed by atoms with Crippen molar-refractivity contribution >= 4 is 34.3 Å². The van der Waals surface area contributed by atoms with E-state index >= 15 is 0 Å². The minimum Gasteiger partial charge on any atom is -0.399 e. The first-order valence-electron chi connectivity index (χ1n) is 9.85. The maximum Gasteiger partial charge on any atom is 0.193 e. The lowest BCUT2D eigenvalue weighted by atomic mass is 10.0. The lowest BCUT2D eigenvalue weighted by molar-refractivity contribution is 0.103. The Morgan fingerprint density at radius 1 is 0.406 bits per heavy atom. The number of carbonyl (C=O) groups excluding carboxylic acids is 2. The van der Waals surface area contributed by atoms with E-state index in [1.807, 2.05) is 0 Å². The minimum absolute atomic E-state index is 0.0488. The van der Waals surface area contributed by atoms with Gasteiger partial charge in [0.05, 0.1) is 0 Å². The highest BCUT2D eigenvalue weighted by Gasteiger charge is 2.09. The Labute approximate surface area is 186 Å². The van der Waals surface area contributed by atoms with Crippen LogP contribution in [0.2, 0.25) is 0 Å². The largest absolute Gasteiger partial charge is 0.399 e. The molecule has 0 spiro atoms. The molecule has 8 N–H and O–H groups in total. The number of nitrogens with two attached hydrogens (primary N) is 4. The van der Waals surface area contributed by atoms with Crippen molar-refractivity contribution in [2.45, 2.75) is 0 Å². The average molecular weight is 425 g/mol. The molecule has 160 valence electrons. The Balaban J connectivity index is 0.000000181. The molecule has 0 unspecified atom stereocenters. The summed E-state index contributed by atoms with van der Waals surface area (Å²) in [7, 11) is 0. The van der Waals surface area contributed by atoms with E-state index in [1.165, 1.54) is 0 Å². The molecule has 4 rings (SSSR count). The molecule has 0 aliphatic carbocycles. The average Bonchev–Trinajstić information content (AvgIpc) is 2.80. The number of hydrogen-bond donors (Lipinski definition) is 4. The van der Waals surface area contributed by atoms with Crippen LogP contribution >= 0.6 is 0 Å². The van der Waals surface area contributed by atoms with Gasteiger partial charge in [-0.2, -0.15) is 0 Å². The summed E-state index contributed by atoms with van der Waals surface area (Å²) in [5.74, 6) is -0.0976. The third-order valence-electron chi connectivity index (χ3n) is 4.64. The third-order valence-corrected chi connectivity index (χ3v) is 4.64. The minimum atomic E-state index is -0.0488.